The van der Waals surface area contributed by atoms with E-state index in [1.807, 2.05) is 17.7 Å². The second-order valence-electron chi connectivity index (χ2n) is 7.50. The minimum absolute atomic E-state index is 0.0278. The number of thiophene rings is 1. The molecule has 3 heterocycles. The molecule has 7 heteroatoms. The molecule has 148 valence electrons. The Hall–Kier alpha value is -2.25. The smallest absolute Gasteiger partial charge is 0.261 e. The number of hydrogen-bond donors (Lipinski definition) is 1. The second kappa shape index (κ2) is 8.01. The van der Waals surface area contributed by atoms with Crippen LogP contribution in [0.2, 0.25) is 0 Å². The van der Waals surface area contributed by atoms with Gasteiger partial charge in [-0.2, -0.15) is 5.10 Å². The van der Waals surface area contributed by atoms with Gasteiger partial charge in [0.1, 0.15) is 10.6 Å². The number of amides is 1. The molecule has 1 N–H and O–H groups in total. The Morgan fingerprint density at radius 2 is 2.00 bits per heavy atom. The first-order valence-corrected chi connectivity index (χ1v) is 10.6. The predicted molar refractivity (Wildman–Crippen MR) is 110 cm³/mol. The Morgan fingerprint density at radius 3 is 2.71 bits per heavy atom. The molecule has 3 aromatic rings. The number of fused-ring (bicyclic) bond motifs is 1. The van der Waals surface area contributed by atoms with E-state index in [2.05, 4.69) is 22.2 Å². The van der Waals surface area contributed by atoms with Crippen molar-refractivity contribution < 1.29 is 9.18 Å². The van der Waals surface area contributed by atoms with Crippen LogP contribution in [0.3, 0.4) is 0 Å². The van der Waals surface area contributed by atoms with E-state index in [0.717, 1.165) is 34.6 Å². The molecule has 0 saturated carbocycles. The van der Waals surface area contributed by atoms with E-state index >= 15 is 0 Å². The molecule has 1 aromatic carbocycles. The third-order valence-electron chi connectivity index (χ3n) is 5.40. The standard InChI is InChI=1S/C21H25FN4OS/c1-14(25-9-3-4-10-25)12-23-20(27)19-11-18-15(2)24-26(21(18)28-19)13-16-5-7-17(22)8-6-16/h5-8,11,14H,3-4,9-10,12-13H2,1-2H3,(H,23,27). The molecule has 0 radical (unpaired) electrons. The van der Waals surface area contributed by atoms with Gasteiger partial charge in [0.15, 0.2) is 0 Å². The zero-order chi connectivity index (χ0) is 19.7. The number of carbonyl (C=O) groups excluding carboxylic acids is 1. The molecule has 5 nitrogen and oxygen atoms in total. The molecule has 1 saturated heterocycles. The van der Waals surface area contributed by atoms with Crippen LogP contribution in [0.5, 0.6) is 0 Å². The highest BCUT2D eigenvalue weighted by Crippen LogP contribution is 2.29. The molecule has 1 unspecified atom stereocenters. The number of aryl methyl sites for hydroxylation is 1. The third-order valence-corrected chi connectivity index (χ3v) is 6.55. The number of rotatable bonds is 6. The Bertz CT molecular complexity index is 972. The molecular weight excluding hydrogens is 375 g/mol. The maximum Gasteiger partial charge on any atom is 0.261 e. The van der Waals surface area contributed by atoms with Crippen LogP contribution >= 0.6 is 11.3 Å². The van der Waals surface area contributed by atoms with E-state index in [1.165, 1.54) is 36.3 Å². The van der Waals surface area contributed by atoms with Crippen LogP contribution in [-0.2, 0) is 6.54 Å². The molecule has 28 heavy (non-hydrogen) atoms. The number of halogens is 1. The zero-order valence-corrected chi connectivity index (χ0v) is 17.1. The fourth-order valence-electron chi connectivity index (χ4n) is 3.73. The molecule has 4 rings (SSSR count). The lowest BCUT2D eigenvalue weighted by atomic mass is 10.2. The Kier molecular flexibility index (Phi) is 5.46. The largest absolute Gasteiger partial charge is 0.350 e. The van der Waals surface area contributed by atoms with Crippen molar-refractivity contribution in [2.45, 2.75) is 39.3 Å². The van der Waals surface area contributed by atoms with Gasteiger partial charge in [0.05, 0.1) is 17.1 Å². The van der Waals surface area contributed by atoms with Crippen LogP contribution in [0.1, 0.15) is 40.7 Å². The molecule has 0 bridgehead atoms. The van der Waals surface area contributed by atoms with Crippen molar-refractivity contribution >= 4 is 27.5 Å². The number of aromatic nitrogens is 2. The van der Waals surface area contributed by atoms with Crippen LogP contribution in [0.4, 0.5) is 4.39 Å². The number of carbonyl (C=O) groups is 1. The van der Waals surface area contributed by atoms with Gasteiger partial charge in [-0.3, -0.25) is 14.4 Å². The lowest BCUT2D eigenvalue weighted by Crippen LogP contribution is -2.40. The van der Waals surface area contributed by atoms with Gasteiger partial charge in [0.2, 0.25) is 0 Å². The van der Waals surface area contributed by atoms with Crippen LogP contribution in [0.15, 0.2) is 30.3 Å². The summed E-state index contributed by atoms with van der Waals surface area (Å²) in [5.74, 6) is -0.274. The highest BCUT2D eigenvalue weighted by atomic mass is 32.1. The van der Waals surface area contributed by atoms with Crippen LogP contribution in [-0.4, -0.2) is 46.3 Å². The Labute approximate surface area is 168 Å². The van der Waals surface area contributed by atoms with Crippen molar-refractivity contribution in [3.8, 4) is 0 Å². The monoisotopic (exact) mass is 400 g/mol. The molecule has 2 aromatic heterocycles. The van der Waals surface area contributed by atoms with E-state index in [1.54, 1.807) is 12.1 Å². The minimum atomic E-state index is -0.246. The van der Waals surface area contributed by atoms with Crippen molar-refractivity contribution in [1.82, 2.24) is 20.0 Å². The fourth-order valence-corrected chi connectivity index (χ4v) is 4.81. The first kappa shape index (κ1) is 19.1. The SMILES string of the molecule is Cc1nn(Cc2ccc(F)cc2)c2sc(C(=O)NCC(C)N3CCCC3)cc12. The minimum Gasteiger partial charge on any atom is -0.350 e. The van der Waals surface area contributed by atoms with Crippen LogP contribution in [0, 0.1) is 12.7 Å². The van der Waals surface area contributed by atoms with Crippen molar-refractivity contribution in [2.24, 2.45) is 0 Å². The van der Waals surface area contributed by atoms with Crippen molar-refractivity contribution in [1.29, 1.82) is 0 Å². The topological polar surface area (TPSA) is 50.2 Å². The van der Waals surface area contributed by atoms with Gasteiger partial charge in [0.25, 0.3) is 5.91 Å². The zero-order valence-electron chi connectivity index (χ0n) is 16.2. The summed E-state index contributed by atoms with van der Waals surface area (Å²) in [6.45, 7) is 7.58. The summed E-state index contributed by atoms with van der Waals surface area (Å²) in [6, 6.07) is 8.73. The number of benzene rings is 1. The van der Waals surface area contributed by atoms with E-state index in [4.69, 9.17) is 0 Å². The highest BCUT2D eigenvalue weighted by molar-refractivity contribution is 7.20. The number of nitrogens with one attached hydrogen (secondary N) is 1. The molecule has 1 atom stereocenters. The molecule has 1 fully saturated rings. The van der Waals surface area contributed by atoms with Gasteiger partial charge in [-0.15, -0.1) is 11.3 Å². The first-order chi connectivity index (χ1) is 13.5. The van der Waals surface area contributed by atoms with Gasteiger partial charge >= 0.3 is 0 Å². The fraction of sp³-hybridized carbons (Fsp3) is 0.429. The van der Waals surface area contributed by atoms with E-state index < -0.39 is 0 Å². The first-order valence-electron chi connectivity index (χ1n) is 9.75. The predicted octanol–water partition coefficient (Wildman–Crippen LogP) is 3.81. The lowest BCUT2D eigenvalue weighted by molar-refractivity contribution is 0.0944. The number of hydrogen-bond acceptors (Lipinski definition) is 4. The Balaban J connectivity index is 1.47. The van der Waals surface area contributed by atoms with E-state index in [0.29, 0.717) is 24.0 Å². The maximum absolute atomic E-state index is 13.1. The van der Waals surface area contributed by atoms with Crippen molar-refractivity contribution in [3.05, 3.63) is 52.3 Å². The Morgan fingerprint density at radius 1 is 1.29 bits per heavy atom. The molecule has 1 amide bonds. The quantitative estimate of drug-likeness (QED) is 0.685. The molecule has 0 aliphatic carbocycles. The van der Waals surface area contributed by atoms with Gasteiger partial charge in [-0.25, -0.2) is 4.39 Å². The molecule has 0 spiro atoms. The van der Waals surface area contributed by atoms with Crippen molar-refractivity contribution in [3.63, 3.8) is 0 Å². The maximum atomic E-state index is 13.1. The highest BCUT2D eigenvalue weighted by Gasteiger charge is 2.20. The summed E-state index contributed by atoms with van der Waals surface area (Å²) in [5, 5.41) is 8.67. The number of likely N-dealkylation sites (tertiary alicyclic amines) is 1. The summed E-state index contributed by atoms with van der Waals surface area (Å²) in [7, 11) is 0. The van der Waals surface area contributed by atoms with E-state index in [9.17, 15) is 9.18 Å². The normalized spacial score (nSPS) is 16.0. The second-order valence-corrected chi connectivity index (χ2v) is 8.53. The molecular formula is C21H25FN4OS. The summed E-state index contributed by atoms with van der Waals surface area (Å²) in [4.78, 5) is 16.8. The summed E-state index contributed by atoms with van der Waals surface area (Å²) in [6.07, 6.45) is 2.50. The van der Waals surface area contributed by atoms with Crippen LogP contribution < -0.4 is 5.32 Å². The summed E-state index contributed by atoms with van der Waals surface area (Å²) < 4.78 is 15.0. The van der Waals surface area contributed by atoms with Crippen LogP contribution in [0.25, 0.3) is 10.2 Å². The van der Waals surface area contributed by atoms with E-state index in [-0.39, 0.29) is 11.7 Å². The summed E-state index contributed by atoms with van der Waals surface area (Å²) >= 11 is 1.46. The van der Waals surface area contributed by atoms with Gasteiger partial charge in [0, 0.05) is 18.0 Å². The van der Waals surface area contributed by atoms with Gasteiger partial charge in [-0.05, 0) is 63.5 Å². The summed E-state index contributed by atoms with van der Waals surface area (Å²) in [5.41, 5.74) is 1.88. The van der Waals surface area contributed by atoms with Gasteiger partial charge < -0.3 is 5.32 Å². The molecule has 1 aliphatic heterocycles. The van der Waals surface area contributed by atoms with Crippen molar-refractivity contribution in [2.75, 3.05) is 19.6 Å². The average Bonchev–Trinajstić information content (AvgIpc) is 3.41. The third kappa shape index (κ3) is 3.95. The average molecular weight is 401 g/mol. The number of nitrogens with zero attached hydrogens (tertiary/aromatic N) is 3. The van der Waals surface area contributed by atoms with Gasteiger partial charge in [-0.1, -0.05) is 12.1 Å². The molecule has 1 aliphatic rings. The lowest BCUT2D eigenvalue weighted by Gasteiger charge is -2.23.